The second-order valence-electron chi connectivity index (χ2n) is 4.27. The largest absolute Gasteiger partial charge is 0.373 e. The summed E-state index contributed by atoms with van der Waals surface area (Å²) in [6.07, 6.45) is 2.59. The molecule has 0 saturated carbocycles. The van der Waals surface area contributed by atoms with Crippen LogP contribution in [0, 0.1) is 6.92 Å². The van der Waals surface area contributed by atoms with Crippen molar-refractivity contribution in [3.05, 3.63) is 34.3 Å². The molecule has 18 heavy (non-hydrogen) atoms. The van der Waals surface area contributed by atoms with E-state index in [1.54, 1.807) is 17.7 Å². The van der Waals surface area contributed by atoms with Gasteiger partial charge in [0.05, 0.1) is 0 Å². The van der Waals surface area contributed by atoms with Crippen molar-refractivity contribution in [3.8, 4) is 0 Å². The van der Waals surface area contributed by atoms with Gasteiger partial charge in [-0.15, -0.1) is 11.3 Å². The summed E-state index contributed by atoms with van der Waals surface area (Å²) in [5.41, 5.74) is 1.05. The zero-order valence-corrected chi connectivity index (χ0v) is 11.7. The van der Waals surface area contributed by atoms with Crippen molar-refractivity contribution in [1.82, 2.24) is 9.97 Å². The third-order valence-corrected chi connectivity index (χ3v) is 3.69. The molecule has 0 radical (unpaired) electrons. The van der Waals surface area contributed by atoms with E-state index < -0.39 is 0 Å². The van der Waals surface area contributed by atoms with Gasteiger partial charge >= 0.3 is 0 Å². The van der Waals surface area contributed by atoms with Crippen LogP contribution in [0.4, 0.5) is 11.6 Å². The first-order chi connectivity index (χ1) is 8.70. The summed E-state index contributed by atoms with van der Waals surface area (Å²) >= 11 is 1.79. The maximum atomic E-state index is 4.30. The monoisotopic (exact) mass is 262 g/mol. The number of nitrogens with one attached hydrogen (secondary N) is 2. The fraction of sp³-hybridized carbons (Fsp3) is 0.385. The number of anilines is 2. The minimum atomic E-state index is 0.349. The summed E-state index contributed by atoms with van der Waals surface area (Å²) in [6, 6.07) is 4.60. The Morgan fingerprint density at radius 2 is 2.11 bits per heavy atom. The van der Waals surface area contributed by atoms with Crippen molar-refractivity contribution < 1.29 is 0 Å². The molecule has 0 saturated heterocycles. The van der Waals surface area contributed by atoms with E-state index in [-0.39, 0.29) is 0 Å². The SMILES string of the molecule is CNc1ncnc(NC(C)Cc2cccs2)c1C. The molecule has 0 aliphatic rings. The zero-order valence-electron chi connectivity index (χ0n) is 10.9. The highest BCUT2D eigenvalue weighted by atomic mass is 32.1. The van der Waals surface area contributed by atoms with Gasteiger partial charge in [-0.3, -0.25) is 0 Å². The van der Waals surface area contributed by atoms with E-state index in [0.29, 0.717) is 6.04 Å². The van der Waals surface area contributed by atoms with E-state index in [2.05, 4.69) is 45.0 Å². The molecule has 4 nitrogen and oxygen atoms in total. The first-order valence-electron chi connectivity index (χ1n) is 5.99. The van der Waals surface area contributed by atoms with E-state index >= 15 is 0 Å². The van der Waals surface area contributed by atoms with Crippen molar-refractivity contribution in [1.29, 1.82) is 0 Å². The van der Waals surface area contributed by atoms with Crippen LogP contribution in [0.3, 0.4) is 0 Å². The summed E-state index contributed by atoms with van der Waals surface area (Å²) in [6.45, 7) is 4.19. The molecule has 0 spiro atoms. The predicted octanol–water partition coefficient (Wildman–Crippen LogP) is 2.93. The molecule has 2 N–H and O–H groups in total. The average molecular weight is 262 g/mol. The average Bonchev–Trinajstić information content (AvgIpc) is 2.84. The van der Waals surface area contributed by atoms with Gasteiger partial charge in [0.1, 0.15) is 18.0 Å². The lowest BCUT2D eigenvalue weighted by molar-refractivity contribution is 0.791. The Labute approximate surface area is 111 Å². The quantitative estimate of drug-likeness (QED) is 0.870. The second-order valence-corrected chi connectivity index (χ2v) is 5.31. The fourth-order valence-corrected chi connectivity index (χ4v) is 2.70. The number of hydrogen-bond donors (Lipinski definition) is 2. The summed E-state index contributed by atoms with van der Waals surface area (Å²) in [7, 11) is 1.87. The molecule has 2 aromatic heterocycles. The van der Waals surface area contributed by atoms with Gasteiger partial charge in [-0.1, -0.05) is 6.07 Å². The number of rotatable bonds is 5. The van der Waals surface area contributed by atoms with Gasteiger partial charge in [0.2, 0.25) is 0 Å². The van der Waals surface area contributed by atoms with E-state index in [4.69, 9.17) is 0 Å². The first-order valence-corrected chi connectivity index (χ1v) is 6.87. The highest BCUT2D eigenvalue weighted by molar-refractivity contribution is 7.09. The molecule has 0 amide bonds. The molecule has 2 heterocycles. The minimum Gasteiger partial charge on any atom is -0.373 e. The maximum Gasteiger partial charge on any atom is 0.134 e. The van der Waals surface area contributed by atoms with Crippen LogP contribution in [-0.2, 0) is 6.42 Å². The topological polar surface area (TPSA) is 49.8 Å². The van der Waals surface area contributed by atoms with Crippen LogP contribution in [-0.4, -0.2) is 23.1 Å². The van der Waals surface area contributed by atoms with Crippen LogP contribution >= 0.6 is 11.3 Å². The molecule has 0 aliphatic carbocycles. The van der Waals surface area contributed by atoms with Crippen LogP contribution in [0.2, 0.25) is 0 Å². The molecule has 96 valence electrons. The van der Waals surface area contributed by atoms with Gasteiger partial charge < -0.3 is 10.6 Å². The molecule has 0 fully saturated rings. The van der Waals surface area contributed by atoms with Crippen molar-refractivity contribution in [2.75, 3.05) is 17.7 Å². The van der Waals surface area contributed by atoms with Gasteiger partial charge in [-0.05, 0) is 25.3 Å². The van der Waals surface area contributed by atoms with Crippen LogP contribution in [0.15, 0.2) is 23.8 Å². The standard InChI is InChI=1S/C13H18N4S/c1-9(7-11-5-4-6-18-11)17-13-10(2)12(14-3)15-8-16-13/h4-6,8-9H,7H2,1-3H3,(H2,14,15,16,17). The Kier molecular flexibility index (Phi) is 4.15. The second kappa shape index (κ2) is 5.82. The molecular weight excluding hydrogens is 244 g/mol. The lowest BCUT2D eigenvalue weighted by atomic mass is 10.2. The minimum absolute atomic E-state index is 0.349. The van der Waals surface area contributed by atoms with E-state index in [0.717, 1.165) is 23.6 Å². The van der Waals surface area contributed by atoms with Crippen LogP contribution in [0.25, 0.3) is 0 Å². The van der Waals surface area contributed by atoms with Crippen molar-refractivity contribution in [3.63, 3.8) is 0 Å². The molecule has 1 atom stereocenters. The molecule has 1 unspecified atom stereocenters. The van der Waals surface area contributed by atoms with Crippen molar-refractivity contribution >= 4 is 23.0 Å². The molecule has 0 bridgehead atoms. The van der Waals surface area contributed by atoms with Gasteiger partial charge in [0.25, 0.3) is 0 Å². The zero-order chi connectivity index (χ0) is 13.0. The molecule has 0 aromatic carbocycles. The Morgan fingerprint density at radius 1 is 1.33 bits per heavy atom. The first kappa shape index (κ1) is 12.8. The summed E-state index contributed by atoms with van der Waals surface area (Å²) in [5.74, 6) is 1.77. The van der Waals surface area contributed by atoms with E-state index in [9.17, 15) is 0 Å². The summed E-state index contributed by atoms with van der Waals surface area (Å²) < 4.78 is 0. The molecule has 2 aromatic rings. The number of nitrogens with zero attached hydrogens (tertiary/aromatic N) is 2. The third kappa shape index (κ3) is 2.98. The molecule has 5 heteroatoms. The van der Waals surface area contributed by atoms with Crippen LogP contribution < -0.4 is 10.6 Å². The Morgan fingerprint density at radius 3 is 2.78 bits per heavy atom. The van der Waals surface area contributed by atoms with Crippen molar-refractivity contribution in [2.24, 2.45) is 0 Å². The molecule has 2 rings (SSSR count). The Balaban J connectivity index is 2.05. The lowest BCUT2D eigenvalue weighted by Gasteiger charge is -2.16. The Hall–Kier alpha value is -1.62. The van der Waals surface area contributed by atoms with Crippen LogP contribution in [0.1, 0.15) is 17.4 Å². The summed E-state index contributed by atoms with van der Waals surface area (Å²) in [5, 5.41) is 8.61. The maximum absolute atomic E-state index is 4.30. The normalized spacial score (nSPS) is 12.2. The highest BCUT2D eigenvalue weighted by Crippen LogP contribution is 2.19. The number of hydrogen-bond acceptors (Lipinski definition) is 5. The third-order valence-electron chi connectivity index (χ3n) is 2.79. The molecular formula is C13H18N4S. The fourth-order valence-electron chi connectivity index (χ4n) is 1.86. The lowest BCUT2D eigenvalue weighted by Crippen LogP contribution is -2.19. The van der Waals surface area contributed by atoms with E-state index in [1.165, 1.54) is 4.88 Å². The number of thiophene rings is 1. The van der Waals surface area contributed by atoms with E-state index in [1.807, 2.05) is 14.0 Å². The van der Waals surface area contributed by atoms with Gasteiger partial charge in [-0.2, -0.15) is 0 Å². The van der Waals surface area contributed by atoms with Crippen molar-refractivity contribution in [2.45, 2.75) is 26.3 Å². The van der Waals surface area contributed by atoms with Gasteiger partial charge in [0.15, 0.2) is 0 Å². The Bertz CT molecular complexity index is 496. The molecule has 0 aliphatic heterocycles. The van der Waals surface area contributed by atoms with Crippen LogP contribution in [0.5, 0.6) is 0 Å². The predicted molar refractivity (Wildman–Crippen MR) is 77.4 cm³/mol. The summed E-state index contributed by atoms with van der Waals surface area (Å²) in [4.78, 5) is 9.86. The van der Waals surface area contributed by atoms with Gasteiger partial charge in [-0.25, -0.2) is 9.97 Å². The highest BCUT2D eigenvalue weighted by Gasteiger charge is 2.09. The van der Waals surface area contributed by atoms with Gasteiger partial charge in [0, 0.05) is 30.0 Å². The number of aromatic nitrogens is 2. The smallest absolute Gasteiger partial charge is 0.134 e.